The minimum atomic E-state index is -5.61. The van der Waals surface area contributed by atoms with Crippen LogP contribution >= 0.6 is 9.90 Å². The summed E-state index contributed by atoms with van der Waals surface area (Å²) in [6.07, 6.45) is 0. The Labute approximate surface area is 67.6 Å². The second-order valence-electron chi connectivity index (χ2n) is 0.500. The quantitative estimate of drug-likeness (QED) is 0.250. The van der Waals surface area contributed by atoms with Crippen molar-refractivity contribution in [3.05, 3.63) is 0 Å². The Hall–Kier alpha value is 1.49. The first-order chi connectivity index (χ1) is 2.00. The van der Waals surface area contributed by atoms with E-state index in [9.17, 15) is 0 Å². The van der Waals surface area contributed by atoms with Crippen LogP contribution in [0.4, 0.5) is 0 Å². The molecule has 0 bridgehead atoms. The Morgan fingerprint density at radius 3 is 0.857 bits per heavy atom. The summed E-state index contributed by atoms with van der Waals surface area (Å²) in [6.45, 7) is 0. The van der Waals surface area contributed by atoms with E-state index < -0.39 is 9.05 Å². The molecule has 0 saturated heterocycles. The topological polar surface area (TPSA) is 92.2 Å². The predicted octanol–water partition coefficient (Wildman–Crippen LogP) is -7.27. The van der Waals surface area contributed by atoms with Gasteiger partial charge in [0.1, 0.15) is 0 Å². The zero-order chi connectivity index (χ0) is 4.50. The fourth-order valence-corrected chi connectivity index (χ4v) is 0. The van der Waals surface area contributed by atoms with Gasteiger partial charge in [-0.25, -0.2) is 0 Å². The molecular weight excluding hydrogens is 146 g/mol. The van der Waals surface area contributed by atoms with Gasteiger partial charge in [0.2, 0.25) is 0 Å². The van der Waals surface area contributed by atoms with Crippen LogP contribution in [-0.4, -0.2) is 9.05 Å². The van der Waals surface area contributed by atoms with Gasteiger partial charge in [0.05, 0.1) is 0 Å². The summed E-state index contributed by atoms with van der Waals surface area (Å²) in [6, 6.07) is 0. The molecule has 7 heavy (non-hydrogen) atoms. The summed E-state index contributed by atoms with van der Waals surface area (Å²) in [4.78, 5) is 34.3. The van der Waals surface area contributed by atoms with Gasteiger partial charge in [-0.2, -0.15) is 0 Å². The maximum atomic E-state index is 8.58. The van der Waals surface area contributed by atoms with Crippen LogP contribution in [0.1, 0.15) is 0 Å². The van der Waals surface area contributed by atoms with E-state index in [4.69, 9.17) is 19.2 Å². The van der Waals surface area contributed by atoms with Crippen LogP contribution in [0.2, 0.25) is 0 Å². The van der Waals surface area contributed by atoms with E-state index >= 15 is 0 Å². The molecule has 0 saturated carbocycles. The smallest absolute Gasteiger partial charge is 0.894 e. The molecule has 0 fully saturated rings. The average molecular weight is 146 g/mol. The molecule has 0 amide bonds. The van der Waals surface area contributed by atoms with Crippen molar-refractivity contribution < 1.29 is 48.7 Å². The van der Waals surface area contributed by atoms with E-state index in [0.29, 0.717) is 0 Å². The van der Waals surface area contributed by atoms with Crippen molar-refractivity contribution in [1.82, 2.24) is 0 Å². The zero-order valence-corrected chi connectivity index (χ0v) is 7.47. The molecule has 4 nitrogen and oxygen atoms in total. The molecule has 0 aromatic rings. The molecule has 34 valence electrons. The fourth-order valence-electron chi connectivity index (χ4n) is 0. The molecule has 0 N–H and O–H groups in total. The van der Waals surface area contributed by atoms with Crippen LogP contribution in [0.15, 0.2) is 0 Å². The Balaban J connectivity index is -0.0000000800. The van der Waals surface area contributed by atoms with Gasteiger partial charge in [-0.1, -0.05) is 0 Å². The SMILES string of the molecule is [Na+].[O-][Si]([O-])([O-])[O-].[P+3]. The maximum absolute atomic E-state index is 8.58. The van der Waals surface area contributed by atoms with Gasteiger partial charge in [-0.15, -0.1) is 0 Å². The molecule has 0 unspecified atom stereocenters. The Morgan fingerprint density at radius 1 is 0.857 bits per heavy atom. The largest absolute Gasteiger partial charge is 3.00 e. The van der Waals surface area contributed by atoms with Gasteiger partial charge < -0.3 is 28.2 Å². The van der Waals surface area contributed by atoms with Gasteiger partial charge >= 0.3 is 39.5 Å². The van der Waals surface area contributed by atoms with Crippen LogP contribution < -0.4 is 48.7 Å². The fraction of sp³-hybridized carbons (Fsp3) is 0. The van der Waals surface area contributed by atoms with Crippen molar-refractivity contribution >= 4 is 18.9 Å². The van der Waals surface area contributed by atoms with Crippen molar-refractivity contribution in [2.75, 3.05) is 0 Å². The first-order valence-electron chi connectivity index (χ1n) is 0.816. The molecular formula is NaO4PSi. The summed E-state index contributed by atoms with van der Waals surface area (Å²) in [5.41, 5.74) is 0. The molecule has 0 atom stereocenters. The van der Waals surface area contributed by atoms with E-state index in [-0.39, 0.29) is 39.5 Å². The molecule has 0 aromatic heterocycles. The minimum Gasteiger partial charge on any atom is -0.894 e. The van der Waals surface area contributed by atoms with Crippen LogP contribution in [0.25, 0.3) is 0 Å². The van der Waals surface area contributed by atoms with Crippen molar-refractivity contribution in [3.63, 3.8) is 0 Å². The molecule has 0 aliphatic rings. The van der Waals surface area contributed by atoms with Crippen molar-refractivity contribution in [2.45, 2.75) is 0 Å². The predicted molar refractivity (Wildman–Crippen MR) is 12.7 cm³/mol. The number of rotatable bonds is 0. The third-order valence-corrected chi connectivity index (χ3v) is 0. The number of hydrogen-bond acceptors (Lipinski definition) is 4. The summed E-state index contributed by atoms with van der Waals surface area (Å²) < 4.78 is 0. The molecule has 2 radical (unpaired) electrons. The van der Waals surface area contributed by atoms with Crippen LogP contribution in [0, 0.1) is 0 Å². The van der Waals surface area contributed by atoms with Gasteiger partial charge in [-0.3, -0.25) is 0 Å². The van der Waals surface area contributed by atoms with Crippen molar-refractivity contribution in [3.8, 4) is 0 Å². The summed E-state index contributed by atoms with van der Waals surface area (Å²) in [7, 11) is -5.61. The second kappa shape index (κ2) is 5.62. The summed E-state index contributed by atoms with van der Waals surface area (Å²) in [5, 5.41) is 0. The maximum Gasteiger partial charge on any atom is 3.00 e. The van der Waals surface area contributed by atoms with Crippen molar-refractivity contribution in [1.29, 1.82) is 0 Å². The molecule has 0 rings (SSSR count). The Morgan fingerprint density at radius 2 is 0.857 bits per heavy atom. The van der Waals surface area contributed by atoms with Gasteiger partial charge in [-0.05, 0) is 0 Å². The molecule has 0 aliphatic heterocycles. The van der Waals surface area contributed by atoms with Crippen LogP contribution in [0.3, 0.4) is 0 Å². The van der Waals surface area contributed by atoms with E-state index in [2.05, 4.69) is 0 Å². The monoisotopic (exact) mass is 146 g/mol. The third-order valence-electron chi connectivity index (χ3n) is 0. The number of hydrogen-bond donors (Lipinski definition) is 0. The van der Waals surface area contributed by atoms with Crippen molar-refractivity contribution in [2.24, 2.45) is 0 Å². The van der Waals surface area contributed by atoms with Crippen LogP contribution in [0.5, 0.6) is 0 Å². The van der Waals surface area contributed by atoms with E-state index in [1.165, 1.54) is 0 Å². The van der Waals surface area contributed by atoms with E-state index in [1.54, 1.807) is 0 Å². The molecule has 0 spiro atoms. The molecule has 7 heteroatoms. The minimum absolute atomic E-state index is 0. The molecule has 0 heterocycles. The summed E-state index contributed by atoms with van der Waals surface area (Å²) >= 11 is 0. The summed E-state index contributed by atoms with van der Waals surface area (Å²) in [5.74, 6) is 0. The van der Waals surface area contributed by atoms with E-state index in [1.807, 2.05) is 0 Å². The van der Waals surface area contributed by atoms with Gasteiger partial charge in [0.15, 0.2) is 0 Å². The van der Waals surface area contributed by atoms with E-state index in [0.717, 1.165) is 0 Å². The van der Waals surface area contributed by atoms with Gasteiger partial charge in [0.25, 0.3) is 0 Å². The molecule has 0 aliphatic carbocycles. The third kappa shape index (κ3) is 102. The average Bonchev–Trinajstić information content (AvgIpc) is 0.722. The first-order valence-corrected chi connectivity index (χ1v) is 2.45. The Bertz CT molecular complexity index is 27.2. The Kier molecular flexibility index (Phi) is 12.7. The second-order valence-corrected chi connectivity index (χ2v) is 1.50. The van der Waals surface area contributed by atoms with Crippen LogP contribution in [-0.2, 0) is 0 Å². The van der Waals surface area contributed by atoms with Gasteiger partial charge in [0, 0.05) is 0 Å². The normalized spacial score (nSPS) is 8.57. The zero-order valence-electron chi connectivity index (χ0n) is 3.58. The standard InChI is InChI=1S/Na.O4Si.P/c;1-5(2,3)4;/q+1;-4;+3. The first kappa shape index (κ1) is 15.8. The molecule has 0 aromatic carbocycles.